The molecule has 4 heteroatoms. The van der Waals surface area contributed by atoms with Crippen molar-refractivity contribution in [3.8, 4) is 0 Å². The number of benzene rings is 2. The van der Waals surface area contributed by atoms with Gasteiger partial charge < -0.3 is 0 Å². The molecule has 1 aliphatic rings. The SMILES string of the molecule is O=S(=O)(Cc1ccccc1)NC1(c2ccccc2)CCCC1. The van der Waals surface area contributed by atoms with E-state index in [1.165, 1.54) is 0 Å². The van der Waals surface area contributed by atoms with Crippen LogP contribution in [-0.4, -0.2) is 8.42 Å². The molecule has 0 radical (unpaired) electrons. The minimum atomic E-state index is -3.37. The highest BCUT2D eigenvalue weighted by molar-refractivity contribution is 7.88. The van der Waals surface area contributed by atoms with Crippen molar-refractivity contribution in [1.29, 1.82) is 0 Å². The molecule has 0 aliphatic heterocycles. The van der Waals surface area contributed by atoms with E-state index < -0.39 is 15.6 Å². The molecule has 3 rings (SSSR count). The van der Waals surface area contributed by atoms with E-state index in [1.54, 1.807) is 0 Å². The Morgan fingerprint density at radius 3 is 2.00 bits per heavy atom. The maximum Gasteiger partial charge on any atom is 0.216 e. The summed E-state index contributed by atoms with van der Waals surface area (Å²) in [6.45, 7) is 0. The number of rotatable bonds is 5. The van der Waals surface area contributed by atoms with Gasteiger partial charge in [-0.1, -0.05) is 73.5 Å². The Balaban J connectivity index is 1.85. The van der Waals surface area contributed by atoms with Gasteiger partial charge in [0.15, 0.2) is 0 Å². The van der Waals surface area contributed by atoms with Gasteiger partial charge in [0.25, 0.3) is 0 Å². The first-order valence-corrected chi connectivity index (χ1v) is 9.36. The summed E-state index contributed by atoms with van der Waals surface area (Å²) < 4.78 is 28.3. The zero-order chi connectivity index (χ0) is 15.5. The molecule has 1 N–H and O–H groups in total. The van der Waals surface area contributed by atoms with Gasteiger partial charge in [-0.05, 0) is 24.0 Å². The summed E-state index contributed by atoms with van der Waals surface area (Å²) in [7, 11) is -3.37. The van der Waals surface area contributed by atoms with E-state index in [2.05, 4.69) is 4.72 Å². The van der Waals surface area contributed by atoms with Gasteiger partial charge in [-0.15, -0.1) is 0 Å². The van der Waals surface area contributed by atoms with E-state index in [9.17, 15) is 8.42 Å². The second-order valence-electron chi connectivity index (χ2n) is 6.00. The third-order valence-electron chi connectivity index (χ3n) is 4.33. The maximum absolute atomic E-state index is 12.6. The second kappa shape index (κ2) is 6.23. The van der Waals surface area contributed by atoms with Gasteiger partial charge in [0, 0.05) is 0 Å². The van der Waals surface area contributed by atoms with Crippen molar-refractivity contribution in [3.63, 3.8) is 0 Å². The van der Waals surface area contributed by atoms with Gasteiger partial charge in [-0.3, -0.25) is 0 Å². The van der Waals surface area contributed by atoms with Crippen molar-refractivity contribution in [3.05, 3.63) is 71.8 Å². The lowest BCUT2D eigenvalue weighted by Crippen LogP contribution is -2.44. The minimum Gasteiger partial charge on any atom is -0.212 e. The topological polar surface area (TPSA) is 46.2 Å². The second-order valence-corrected chi connectivity index (χ2v) is 7.72. The Bertz CT molecular complexity index is 705. The molecule has 22 heavy (non-hydrogen) atoms. The molecule has 116 valence electrons. The number of nitrogens with one attached hydrogen (secondary N) is 1. The van der Waals surface area contributed by atoms with E-state index in [-0.39, 0.29) is 5.75 Å². The standard InChI is InChI=1S/C18H21NO2S/c20-22(21,15-16-9-3-1-4-10-16)19-18(13-7-8-14-18)17-11-5-2-6-12-17/h1-6,9-12,19H,7-8,13-15H2. The Labute approximate surface area is 132 Å². The molecule has 1 fully saturated rings. The summed E-state index contributed by atoms with van der Waals surface area (Å²) in [6, 6.07) is 19.3. The molecule has 3 nitrogen and oxygen atoms in total. The molecule has 1 aliphatic carbocycles. The molecule has 0 amide bonds. The van der Waals surface area contributed by atoms with Crippen LogP contribution in [0.5, 0.6) is 0 Å². The summed E-state index contributed by atoms with van der Waals surface area (Å²) >= 11 is 0. The number of sulfonamides is 1. The molecular weight excluding hydrogens is 294 g/mol. The molecular formula is C18H21NO2S. The highest BCUT2D eigenvalue weighted by Crippen LogP contribution is 2.39. The largest absolute Gasteiger partial charge is 0.216 e. The van der Waals surface area contributed by atoms with Crippen molar-refractivity contribution in [1.82, 2.24) is 4.72 Å². The van der Waals surface area contributed by atoms with Crippen LogP contribution in [0.1, 0.15) is 36.8 Å². The van der Waals surface area contributed by atoms with Gasteiger partial charge in [-0.25, -0.2) is 13.1 Å². The van der Waals surface area contributed by atoms with Crippen LogP contribution in [0.3, 0.4) is 0 Å². The summed E-state index contributed by atoms with van der Waals surface area (Å²) in [6.07, 6.45) is 3.85. The van der Waals surface area contributed by atoms with E-state index in [0.29, 0.717) is 0 Å². The Morgan fingerprint density at radius 1 is 0.864 bits per heavy atom. The fraction of sp³-hybridized carbons (Fsp3) is 0.333. The normalized spacial score (nSPS) is 17.5. The molecule has 0 atom stereocenters. The van der Waals surface area contributed by atoms with Crippen LogP contribution >= 0.6 is 0 Å². The molecule has 0 saturated heterocycles. The summed E-state index contributed by atoms with van der Waals surface area (Å²) in [4.78, 5) is 0. The Kier molecular flexibility index (Phi) is 4.32. The first-order valence-electron chi connectivity index (χ1n) is 7.71. The lowest BCUT2D eigenvalue weighted by atomic mass is 9.89. The van der Waals surface area contributed by atoms with Gasteiger partial charge in [0.1, 0.15) is 0 Å². The Morgan fingerprint density at radius 2 is 1.41 bits per heavy atom. The molecule has 2 aromatic carbocycles. The predicted molar refractivity (Wildman–Crippen MR) is 88.8 cm³/mol. The van der Waals surface area contributed by atoms with E-state index in [4.69, 9.17) is 0 Å². The third kappa shape index (κ3) is 3.39. The van der Waals surface area contributed by atoms with Crippen LogP contribution in [0.25, 0.3) is 0 Å². The van der Waals surface area contributed by atoms with Crippen LogP contribution < -0.4 is 4.72 Å². The predicted octanol–water partition coefficient (Wildman–Crippen LogP) is 3.58. The van der Waals surface area contributed by atoms with E-state index in [1.807, 2.05) is 60.7 Å². The highest BCUT2D eigenvalue weighted by Gasteiger charge is 2.38. The van der Waals surface area contributed by atoms with Crippen molar-refractivity contribution >= 4 is 10.0 Å². The average molecular weight is 315 g/mol. The monoisotopic (exact) mass is 315 g/mol. The van der Waals surface area contributed by atoms with Crippen molar-refractivity contribution in [2.24, 2.45) is 0 Å². The summed E-state index contributed by atoms with van der Waals surface area (Å²) in [5.74, 6) is 0.0302. The summed E-state index contributed by atoms with van der Waals surface area (Å²) in [5.41, 5.74) is 1.45. The first kappa shape index (κ1) is 15.3. The molecule has 1 saturated carbocycles. The molecule has 2 aromatic rings. The zero-order valence-electron chi connectivity index (χ0n) is 12.5. The molecule has 0 bridgehead atoms. The fourth-order valence-corrected chi connectivity index (χ4v) is 4.93. The van der Waals surface area contributed by atoms with Gasteiger partial charge in [-0.2, -0.15) is 0 Å². The maximum atomic E-state index is 12.6. The number of hydrogen-bond acceptors (Lipinski definition) is 2. The van der Waals surface area contributed by atoms with Crippen molar-refractivity contribution in [2.45, 2.75) is 37.0 Å². The first-order chi connectivity index (χ1) is 10.6. The third-order valence-corrected chi connectivity index (χ3v) is 5.75. The van der Waals surface area contributed by atoms with Crippen LogP contribution in [-0.2, 0) is 21.3 Å². The Hall–Kier alpha value is -1.65. The van der Waals surface area contributed by atoms with E-state index in [0.717, 1.165) is 36.8 Å². The zero-order valence-corrected chi connectivity index (χ0v) is 13.4. The van der Waals surface area contributed by atoms with Crippen molar-refractivity contribution in [2.75, 3.05) is 0 Å². The number of hydrogen-bond donors (Lipinski definition) is 1. The van der Waals surface area contributed by atoms with Crippen molar-refractivity contribution < 1.29 is 8.42 Å². The summed E-state index contributed by atoms with van der Waals surface area (Å²) in [5, 5.41) is 0. The van der Waals surface area contributed by atoms with Crippen LogP contribution in [0.4, 0.5) is 0 Å². The lowest BCUT2D eigenvalue weighted by Gasteiger charge is -2.30. The molecule has 0 aromatic heterocycles. The van der Waals surface area contributed by atoms with Crippen LogP contribution in [0.2, 0.25) is 0 Å². The quantitative estimate of drug-likeness (QED) is 0.917. The molecule has 0 unspecified atom stereocenters. The van der Waals surface area contributed by atoms with Crippen LogP contribution in [0.15, 0.2) is 60.7 Å². The lowest BCUT2D eigenvalue weighted by molar-refractivity contribution is 0.404. The smallest absolute Gasteiger partial charge is 0.212 e. The fourth-order valence-electron chi connectivity index (χ4n) is 3.31. The average Bonchev–Trinajstić information content (AvgIpc) is 2.97. The van der Waals surface area contributed by atoms with Crippen LogP contribution in [0, 0.1) is 0 Å². The van der Waals surface area contributed by atoms with E-state index >= 15 is 0 Å². The van der Waals surface area contributed by atoms with Gasteiger partial charge in [0.05, 0.1) is 11.3 Å². The highest BCUT2D eigenvalue weighted by atomic mass is 32.2. The molecule has 0 spiro atoms. The van der Waals surface area contributed by atoms with Gasteiger partial charge in [0.2, 0.25) is 10.0 Å². The minimum absolute atomic E-state index is 0.0302. The van der Waals surface area contributed by atoms with Gasteiger partial charge >= 0.3 is 0 Å². The molecule has 0 heterocycles.